The summed E-state index contributed by atoms with van der Waals surface area (Å²) in [5.41, 5.74) is 5.46. The molecule has 3 unspecified atom stereocenters. The zero-order valence-corrected chi connectivity index (χ0v) is 13.2. The molecule has 0 aromatic carbocycles. The van der Waals surface area contributed by atoms with Gasteiger partial charge in [-0.25, -0.2) is 0 Å². The highest BCUT2D eigenvalue weighted by Crippen LogP contribution is 2.29. The predicted octanol–water partition coefficient (Wildman–Crippen LogP) is 2.09. The SMILES string of the molecule is NC(C(=O)O)C(I)C(I)SCI. The van der Waals surface area contributed by atoms with E-state index in [1.54, 1.807) is 11.8 Å². The summed E-state index contributed by atoms with van der Waals surface area (Å²) in [7, 11) is 0. The van der Waals surface area contributed by atoms with Gasteiger partial charge in [-0.05, 0) is 0 Å². The topological polar surface area (TPSA) is 63.3 Å². The Hall–Kier alpha value is 1.97. The Labute approximate surface area is 116 Å². The molecule has 0 aliphatic rings. The van der Waals surface area contributed by atoms with Crippen molar-refractivity contribution in [3.63, 3.8) is 0 Å². The van der Waals surface area contributed by atoms with Crippen LogP contribution >= 0.6 is 79.5 Å². The zero-order chi connectivity index (χ0) is 9.72. The first-order chi connectivity index (χ1) is 5.50. The fourth-order valence-corrected chi connectivity index (χ4v) is 6.07. The summed E-state index contributed by atoms with van der Waals surface area (Å²) >= 11 is 8.27. The van der Waals surface area contributed by atoms with Crippen LogP contribution in [0.1, 0.15) is 0 Å². The number of hydrogen-bond donors (Lipinski definition) is 2. The molecule has 0 radical (unpaired) electrons. The quantitative estimate of drug-likeness (QED) is 0.425. The van der Waals surface area contributed by atoms with Crippen LogP contribution in [-0.2, 0) is 4.79 Å². The van der Waals surface area contributed by atoms with Crippen LogP contribution in [-0.4, -0.2) is 28.1 Å². The fraction of sp³-hybridized carbons (Fsp3) is 0.800. The summed E-state index contributed by atoms with van der Waals surface area (Å²) in [5.74, 6) is -0.926. The number of rotatable bonds is 5. The summed E-state index contributed by atoms with van der Waals surface area (Å²) in [4.78, 5) is 10.5. The van der Waals surface area contributed by atoms with Crippen molar-refractivity contribution < 1.29 is 9.90 Å². The normalized spacial score (nSPS) is 18.3. The van der Waals surface area contributed by atoms with Crippen LogP contribution in [0.5, 0.6) is 0 Å². The van der Waals surface area contributed by atoms with E-state index < -0.39 is 12.0 Å². The van der Waals surface area contributed by atoms with Crippen LogP contribution in [0.4, 0.5) is 0 Å². The van der Waals surface area contributed by atoms with Crippen molar-refractivity contribution in [1.82, 2.24) is 0 Å². The van der Waals surface area contributed by atoms with Gasteiger partial charge in [-0.15, -0.1) is 11.8 Å². The number of halogens is 3. The second-order valence-corrected chi connectivity index (χ2v) is 8.49. The average Bonchev–Trinajstić information content (AvgIpc) is 2.02. The Kier molecular flexibility index (Phi) is 8.48. The van der Waals surface area contributed by atoms with Crippen molar-refractivity contribution in [2.24, 2.45) is 5.73 Å². The van der Waals surface area contributed by atoms with Crippen LogP contribution in [0.15, 0.2) is 0 Å². The van der Waals surface area contributed by atoms with E-state index in [-0.39, 0.29) is 7.18 Å². The molecule has 0 fully saturated rings. The Morgan fingerprint density at radius 2 is 2.08 bits per heavy atom. The van der Waals surface area contributed by atoms with Gasteiger partial charge in [0.15, 0.2) is 0 Å². The number of carboxylic acid groups (broad SMARTS) is 1. The molecule has 0 aliphatic heterocycles. The molecule has 0 amide bonds. The lowest BCUT2D eigenvalue weighted by atomic mass is 10.2. The molecule has 0 spiro atoms. The van der Waals surface area contributed by atoms with Crippen molar-refractivity contribution in [3.05, 3.63) is 0 Å². The second kappa shape index (κ2) is 7.29. The number of thioether (sulfide) groups is 1. The molecular formula is C5H8I3NO2S. The van der Waals surface area contributed by atoms with Gasteiger partial charge in [0.25, 0.3) is 0 Å². The summed E-state index contributed by atoms with van der Waals surface area (Å²) in [6, 6.07) is -0.761. The number of carbonyl (C=O) groups is 1. The molecule has 7 heteroatoms. The third kappa shape index (κ3) is 5.00. The molecule has 0 rings (SSSR count). The molecule has 0 saturated carbocycles. The predicted molar refractivity (Wildman–Crippen MR) is 77.7 cm³/mol. The largest absolute Gasteiger partial charge is 0.480 e. The minimum absolute atomic E-state index is 0.0273. The van der Waals surface area contributed by atoms with Gasteiger partial charge in [-0.3, -0.25) is 4.79 Å². The maximum atomic E-state index is 10.5. The van der Waals surface area contributed by atoms with E-state index in [4.69, 9.17) is 10.8 Å². The van der Waals surface area contributed by atoms with Gasteiger partial charge in [0, 0.05) is 3.76 Å². The van der Waals surface area contributed by atoms with Crippen LogP contribution in [0.3, 0.4) is 0 Å². The minimum atomic E-state index is -0.926. The molecule has 3 atom stereocenters. The number of hydrogen-bond acceptors (Lipinski definition) is 3. The Bertz CT molecular complexity index is 160. The van der Waals surface area contributed by atoms with Gasteiger partial charge < -0.3 is 10.8 Å². The number of alkyl halides is 3. The van der Waals surface area contributed by atoms with Gasteiger partial charge in [0.1, 0.15) is 6.04 Å². The summed E-state index contributed by atoms with van der Waals surface area (Å²) in [6.07, 6.45) is 0. The second-order valence-electron chi connectivity index (χ2n) is 1.94. The van der Waals surface area contributed by atoms with E-state index in [2.05, 4.69) is 67.8 Å². The first-order valence-corrected chi connectivity index (χ1v) is 8.01. The molecule has 0 aliphatic carbocycles. The van der Waals surface area contributed by atoms with Crippen molar-refractivity contribution in [3.8, 4) is 0 Å². The monoisotopic (exact) mass is 527 g/mol. The Balaban J connectivity index is 3.99. The summed E-state index contributed by atoms with van der Waals surface area (Å²) < 4.78 is 1.18. The number of carboxylic acids is 1. The molecule has 0 bridgehead atoms. The van der Waals surface area contributed by atoms with Gasteiger partial charge in [-0.1, -0.05) is 67.8 Å². The Morgan fingerprint density at radius 3 is 2.42 bits per heavy atom. The van der Waals surface area contributed by atoms with Crippen LogP contribution in [0, 0.1) is 0 Å². The maximum Gasteiger partial charge on any atom is 0.321 e. The van der Waals surface area contributed by atoms with Gasteiger partial charge in [-0.2, -0.15) is 0 Å². The first-order valence-electron chi connectivity index (χ1n) is 2.94. The molecule has 0 aromatic heterocycles. The van der Waals surface area contributed by atoms with E-state index in [1.807, 2.05) is 0 Å². The molecule has 0 heterocycles. The van der Waals surface area contributed by atoms with Gasteiger partial charge in [0.05, 0.1) is 7.18 Å². The molecule has 12 heavy (non-hydrogen) atoms. The summed E-state index contributed by atoms with van der Waals surface area (Å²) in [5, 5.41) is 8.63. The molecule has 0 aromatic rings. The molecule has 3 nitrogen and oxygen atoms in total. The standard InChI is InChI=1S/C5H8I3NO2S/c6-1-12-4(8)2(7)3(9)5(10)11/h2-4H,1,9H2,(H,10,11). The van der Waals surface area contributed by atoms with Crippen molar-refractivity contribution in [1.29, 1.82) is 0 Å². The number of nitrogens with two attached hydrogens (primary N) is 1. The van der Waals surface area contributed by atoms with E-state index >= 15 is 0 Å². The van der Waals surface area contributed by atoms with Crippen molar-refractivity contribution >= 4 is 85.5 Å². The van der Waals surface area contributed by atoms with Crippen molar-refractivity contribution in [2.75, 3.05) is 3.76 Å². The molecule has 72 valence electrons. The minimum Gasteiger partial charge on any atom is -0.480 e. The lowest BCUT2D eigenvalue weighted by Crippen LogP contribution is -2.41. The van der Waals surface area contributed by atoms with Crippen LogP contribution in [0.2, 0.25) is 0 Å². The highest BCUT2D eigenvalue weighted by Gasteiger charge is 2.27. The third-order valence-electron chi connectivity index (χ3n) is 1.10. The smallest absolute Gasteiger partial charge is 0.321 e. The summed E-state index contributed by atoms with van der Waals surface area (Å²) in [6.45, 7) is 0. The lowest BCUT2D eigenvalue weighted by molar-refractivity contribution is -0.138. The van der Waals surface area contributed by atoms with Gasteiger partial charge in [0.2, 0.25) is 0 Å². The number of aliphatic carboxylic acids is 1. The Morgan fingerprint density at radius 1 is 1.58 bits per heavy atom. The van der Waals surface area contributed by atoms with E-state index in [9.17, 15) is 4.79 Å². The zero-order valence-electron chi connectivity index (χ0n) is 5.91. The van der Waals surface area contributed by atoms with E-state index in [1.165, 1.54) is 0 Å². The highest BCUT2D eigenvalue weighted by atomic mass is 127. The third-order valence-corrected chi connectivity index (χ3v) is 8.13. The maximum absolute atomic E-state index is 10.5. The van der Waals surface area contributed by atoms with Gasteiger partial charge >= 0.3 is 5.97 Å². The average molecular weight is 527 g/mol. The highest BCUT2D eigenvalue weighted by molar-refractivity contribution is 14.1. The molecule has 3 N–H and O–H groups in total. The van der Waals surface area contributed by atoms with Crippen LogP contribution < -0.4 is 5.73 Å². The molecule has 0 saturated heterocycles. The van der Waals surface area contributed by atoms with E-state index in [0.717, 1.165) is 3.76 Å². The van der Waals surface area contributed by atoms with Crippen LogP contribution in [0.25, 0.3) is 0 Å². The van der Waals surface area contributed by atoms with Crippen molar-refractivity contribution in [2.45, 2.75) is 13.2 Å². The lowest BCUT2D eigenvalue weighted by Gasteiger charge is -2.18. The first kappa shape index (κ1) is 14.0. The van der Waals surface area contributed by atoms with E-state index in [0.29, 0.717) is 0 Å². The fourth-order valence-electron chi connectivity index (χ4n) is 0.451. The molecular weight excluding hydrogens is 519 g/mol.